The lowest BCUT2D eigenvalue weighted by Gasteiger charge is -2.42. The minimum atomic E-state index is -0.657. The van der Waals surface area contributed by atoms with Gasteiger partial charge in [0.2, 0.25) is 0 Å². The van der Waals surface area contributed by atoms with E-state index in [1.54, 1.807) is 42.3 Å². The van der Waals surface area contributed by atoms with Gasteiger partial charge in [0.25, 0.3) is 11.8 Å². The van der Waals surface area contributed by atoms with Crippen LogP contribution in [0.1, 0.15) is 33.6 Å². The number of likely N-dealkylation sites (tertiary alicyclic amines) is 1. The van der Waals surface area contributed by atoms with Crippen LogP contribution in [0.25, 0.3) is 0 Å². The maximum atomic E-state index is 13.3. The summed E-state index contributed by atoms with van der Waals surface area (Å²) < 4.78 is 17.0. The highest BCUT2D eigenvalue weighted by Gasteiger charge is 2.42. The summed E-state index contributed by atoms with van der Waals surface area (Å²) in [6, 6.07) is 12.4. The van der Waals surface area contributed by atoms with Crippen LogP contribution >= 0.6 is 0 Å². The molecule has 2 heterocycles. The van der Waals surface area contributed by atoms with Crippen LogP contribution in [0.4, 0.5) is 0 Å². The maximum Gasteiger partial charge on any atom is 0.257 e. The molecular weight excluding hydrogens is 372 g/mol. The van der Waals surface area contributed by atoms with Crippen molar-refractivity contribution in [3.63, 3.8) is 0 Å². The van der Waals surface area contributed by atoms with Gasteiger partial charge in [-0.15, -0.1) is 0 Å². The van der Waals surface area contributed by atoms with E-state index in [9.17, 15) is 9.59 Å². The fraction of sp³-hybridized carbons (Fsp3) is 0.364. The zero-order valence-corrected chi connectivity index (χ0v) is 16.6. The Labute approximate surface area is 169 Å². The van der Waals surface area contributed by atoms with Crippen LogP contribution < -0.4 is 19.5 Å². The Balaban J connectivity index is 1.60. The minimum absolute atomic E-state index is 0.129. The molecule has 1 saturated heterocycles. The zero-order chi connectivity index (χ0) is 20.4. The molecule has 2 aromatic carbocycles. The maximum absolute atomic E-state index is 13.3. The molecule has 29 heavy (non-hydrogen) atoms. The molecule has 1 atom stereocenters. The SMILES string of the molecule is COc1ccc(C(=O)N2CCC[C@@]3(CNC(=O)c4ccccc4O3)C2)c(OC)c1. The molecular formula is C22H24N2O5. The summed E-state index contributed by atoms with van der Waals surface area (Å²) in [4.78, 5) is 27.4. The summed E-state index contributed by atoms with van der Waals surface area (Å²) in [5.41, 5.74) is 0.337. The third-order valence-corrected chi connectivity index (χ3v) is 5.50. The van der Waals surface area contributed by atoms with E-state index in [1.807, 2.05) is 12.1 Å². The number of rotatable bonds is 3. The molecule has 7 nitrogen and oxygen atoms in total. The number of carbonyl (C=O) groups excluding carboxylic acids is 2. The lowest BCUT2D eigenvalue weighted by atomic mass is 9.91. The van der Waals surface area contributed by atoms with Gasteiger partial charge < -0.3 is 24.4 Å². The van der Waals surface area contributed by atoms with Crippen LogP contribution in [0.15, 0.2) is 42.5 Å². The number of benzene rings is 2. The van der Waals surface area contributed by atoms with Crippen molar-refractivity contribution < 1.29 is 23.8 Å². The lowest BCUT2D eigenvalue weighted by Crippen LogP contribution is -2.57. The molecule has 1 spiro atoms. The molecule has 152 valence electrons. The number of hydrogen-bond acceptors (Lipinski definition) is 5. The number of piperidine rings is 1. The fourth-order valence-electron chi connectivity index (χ4n) is 3.99. The van der Waals surface area contributed by atoms with Crippen LogP contribution in [0, 0.1) is 0 Å². The molecule has 1 N–H and O–H groups in total. The number of nitrogens with one attached hydrogen (secondary N) is 1. The van der Waals surface area contributed by atoms with E-state index in [0.717, 1.165) is 12.8 Å². The van der Waals surface area contributed by atoms with E-state index in [0.29, 0.717) is 48.0 Å². The zero-order valence-electron chi connectivity index (χ0n) is 16.6. The number of amides is 2. The molecule has 1 fully saturated rings. The Hall–Kier alpha value is -3.22. The first-order chi connectivity index (χ1) is 14.0. The van der Waals surface area contributed by atoms with Crippen LogP contribution in [-0.4, -0.2) is 56.2 Å². The van der Waals surface area contributed by atoms with Gasteiger partial charge in [0.1, 0.15) is 22.8 Å². The van der Waals surface area contributed by atoms with Crippen molar-refractivity contribution >= 4 is 11.8 Å². The first-order valence-corrected chi connectivity index (χ1v) is 9.63. The van der Waals surface area contributed by atoms with Gasteiger partial charge in [-0.25, -0.2) is 0 Å². The van der Waals surface area contributed by atoms with E-state index in [4.69, 9.17) is 14.2 Å². The standard InChI is InChI=1S/C22H24N2O5/c1-27-15-8-9-17(19(12-15)28-2)21(26)24-11-5-10-22(14-24)13-23-20(25)16-6-3-4-7-18(16)29-22/h3-4,6-9,12H,5,10-11,13-14H2,1-2H3,(H,23,25)/t22-/m1/s1. The Morgan fingerprint density at radius 2 is 2.00 bits per heavy atom. The monoisotopic (exact) mass is 396 g/mol. The van der Waals surface area contributed by atoms with Crippen LogP contribution in [-0.2, 0) is 0 Å². The molecule has 4 rings (SSSR count). The van der Waals surface area contributed by atoms with Crippen molar-refractivity contribution in [1.29, 1.82) is 0 Å². The second-order valence-electron chi connectivity index (χ2n) is 7.36. The van der Waals surface area contributed by atoms with Crippen molar-refractivity contribution in [2.75, 3.05) is 33.9 Å². The first kappa shape index (κ1) is 19.1. The predicted octanol–water partition coefficient (Wildman–Crippen LogP) is 2.50. The Morgan fingerprint density at radius 3 is 2.79 bits per heavy atom. The van der Waals surface area contributed by atoms with Gasteiger partial charge in [-0.1, -0.05) is 12.1 Å². The van der Waals surface area contributed by atoms with Crippen LogP contribution in [0.3, 0.4) is 0 Å². The van der Waals surface area contributed by atoms with Gasteiger partial charge in [0.15, 0.2) is 0 Å². The number of para-hydroxylation sites is 1. The topological polar surface area (TPSA) is 77.1 Å². The summed E-state index contributed by atoms with van der Waals surface area (Å²) in [5.74, 6) is 1.36. The van der Waals surface area contributed by atoms with Gasteiger partial charge in [0.05, 0.1) is 38.4 Å². The lowest BCUT2D eigenvalue weighted by molar-refractivity contribution is -0.000972. The van der Waals surface area contributed by atoms with E-state index in [-0.39, 0.29) is 11.8 Å². The summed E-state index contributed by atoms with van der Waals surface area (Å²) in [5, 5.41) is 2.96. The number of fused-ring (bicyclic) bond motifs is 1. The molecule has 2 aliphatic rings. The second-order valence-corrected chi connectivity index (χ2v) is 7.36. The average molecular weight is 396 g/mol. The number of nitrogens with zero attached hydrogens (tertiary/aromatic N) is 1. The van der Waals surface area contributed by atoms with Crippen molar-refractivity contribution in [2.45, 2.75) is 18.4 Å². The molecule has 0 aromatic heterocycles. The molecule has 2 aliphatic heterocycles. The van der Waals surface area contributed by atoms with Crippen molar-refractivity contribution in [3.8, 4) is 17.2 Å². The van der Waals surface area contributed by atoms with Crippen LogP contribution in [0.2, 0.25) is 0 Å². The largest absolute Gasteiger partial charge is 0.497 e. The first-order valence-electron chi connectivity index (χ1n) is 9.63. The van der Waals surface area contributed by atoms with Crippen LogP contribution in [0.5, 0.6) is 17.2 Å². The highest BCUT2D eigenvalue weighted by molar-refractivity contribution is 5.98. The highest BCUT2D eigenvalue weighted by Crippen LogP contribution is 2.33. The third kappa shape index (κ3) is 3.60. The van der Waals surface area contributed by atoms with Gasteiger partial charge in [-0.3, -0.25) is 9.59 Å². The minimum Gasteiger partial charge on any atom is -0.497 e. The quantitative estimate of drug-likeness (QED) is 0.863. The normalized spacial score (nSPS) is 20.9. The van der Waals surface area contributed by atoms with Gasteiger partial charge in [-0.2, -0.15) is 0 Å². The van der Waals surface area contributed by atoms with E-state index in [1.165, 1.54) is 7.11 Å². The predicted molar refractivity (Wildman–Crippen MR) is 107 cm³/mol. The third-order valence-electron chi connectivity index (χ3n) is 5.50. The van der Waals surface area contributed by atoms with Crippen molar-refractivity contribution in [1.82, 2.24) is 10.2 Å². The molecule has 0 unspecified atom stereocenters. The molecule has 0 radical (unpaired) electrons. The van der Waals surface area contributed by atoms with Crippen molar-refractivity contribution in [2.24, 2.45) is 0 Å². The number of carbonyl (C=O) groups is 2. The molecule has 0 bridgehead atoms. The molecule has 2 amide bonds. The Morgan fingerprint density at radius 1 is 1.17 bits per heavy atom. The number of methoxy groups -OCH3 is 2. The molecule has 2 aromatic rings. The van der Waals surface area contributed by atoms with Crippen molar-refractivity contribution in [3.05, 3.63) is 53.6 Å². The second kappa shape index (κ2) is 7.66. The summed E-state index contributed by atoms with van der Waals surface area (Å²) in [6.45, 7) is 1.36. The summed E-state index contributed by atoms with van der Waals surface area (Å²) >= 11 is 0. The van der Waals surface area contributed by atoms with Gasteiger partial charge >= 0.3 is 0 Å². The molecule has 7 heteroatoms. The number of ether oxygens (including phenoxy) is 3. The fourth-order valence-corrected chi connectivity index (χ4v) is 3.99. The Bertz CT molecular complexity index is 945. The summed E-state index contributed by atoms with van der Waals surface area (Å²) in [7, 11) is 3.10. The van der Waals surface area contributed by atoms with E-state index in [2.05, 4.69) is 5.32 Å². The average Bonchev–Trinajstić information content (AvgIpc) is 2.89. The number of hydrogen-bond donors (Lipinski definition) is 1. The molecule has 0 saturated carbocycles. The van der Waals surface area contributed by atoms with Gasteiger partial charge in [-0.05, 0) is 37.1 Å². The van der Waals surface area contributed by atoms with Gasteiger partial charge in [0, 0.05) is 12.6 Å². The highest BCUT2D eigenvalue weighted by atomic mass is 16.5. The molecule has 0 aliphatic carbocycles. The van der Waals surface area contributed by atoms with E-state index >= 15 is 0 Å². The Kier molecular flexibility index (Phi) is 5.05. The smallest absolute Gasteiger partial charge is 0.257 e. The van der Waals surface area contributed by atoms with E-state index < -0.39 is 5.60 Å². The summed E-state index contributed by atoms with van der Waals surface area (Å²) in [6.07, 6.45) is 1.54.